The number of hydrogen-bond acceptors (Lipinski definition) is 5. The molecule has 0 aliphatic rings. The SMILES string of the molecule is COCCNCc1ccc(Sc2ncccn2)c(C)c1. The third kappa shape index (κ3) is 4.59. The lowest BCUT2D eigenvalue weighted by Gasteiger charge is -2.08. The number of nitrogens with one attached hydrogen (secondary N) is 1. The molecule has 0 fully saturated rings. The van der Waals surface area contributed by atoms with E-state index >= 15 is 0 Å². The molecule has 1 aromatic carbocycles. The first-order chi connectivity index (χ1) is 9.79. The summed E-state index contributed by atoms with van der Waals surface area (Å²) in [7, 11) is 1.71. The summed E-state index contributed by atoms with van der Waals surface area (Å²) in [5.74, 6) is 0. The Morgan fingerprint density at radius 2 is 2.05 bits per heavy atom. The smallest absolute Gasteiger partial charge is 0.192 e. The highest BCUT2D eigenvalue weighted by Gasteiger charge is 2.04. The summed E-state index contributed by atoms with van der Waals surface area (Å²) < 4.78 is 5.01. The molecule has 5 heteroatoms. The second kappa shape index (κ2) is 7.99. The summed E-state index contributed by atoms with van der Waals surface area (Å²) in [4.78, 5) is 9.66. The van der Waals surface area contributed by atoms with E-state index in [1.165, 1.54) is 16.0 Å². The molecule has 2 rings (SSSR count). The maximum Gasteiger partial charge on any atom is 0.192 e. The van der Waals surface area contributed by atoms with Crippen LogP contribution in [0.4, 0.5) is 0 Å². The Morgan fingerprint density at radius 1 is 1.25 bits per heavy atom. The van der Waals surface area contributed by atoms with Crippen molar-refractivity contribution in [1.82, 2.24) is 15.3 Å². The molecule has 0 saturated carbocycles. The van der Waals surface area contributed by atoms with Crippen LogP contribution in [0.2, 0.25) is 0 Å². The minimum absolute atomic E-state index is 0.734. The van der Waals surface area contributed by atoms with Gasteiger partial charge in [0, 0.05) is 37.5 Å². The van der Waals surface area contributed by atoms with Crippen molar-refractivity contribution in [3.63, 3.8) is 0 Å². The average molecular weight is 289 g/mol. The van der Waals surface area contributed by atoms with Crippen LogP contribution in [0.15, 0.2) is 46.7 Å². The number of aryl methyl sites for hydroxylation is 1. The molecule has 0 aliphatic heterocycles. The zero-order valence-corrected chi connectivity index (χ0v) is 12.6. The topological polar surface area (TPSA) is 47.0 Å². The number of ether oxygens (including phenoxy) is 1. The number of aromatic nitrogens is 2. The molecule has 106 valence electrons. The third-order valence-corrected chi connectivity index (χ3v) is 3.87. The average Bonchev–Trinajstić information content (AvgIpc) is 2.47. The van der Waals surface area contributed by atoms with Crippen molar-refractivity contribution in [2.24, 2.45) is 0 Å². The highest BCUT2D eigenvalue weighted by Crippen LogP contribution is 2.27. The van der Waals surface area contributed by atoms with E-state index in [-0.39, 0.29) is 0 Å². The molecule has 0 atom stereocenters. The molecular formula is C15H19N3OS. The number of benzene rings is 1. The predicted molar refractivity (Wildman–Crippen MR) is 80.9 cm³/mol. The van der Waals surface area contributed by atoms with E-state index in [4.69, 9.17) is 4.74 Å². The molecule has 0 amide bonds. The monoisotopic (exact) mass is 289 g/mol. The molecule has 0 spiro atoms. The van der Waals surface area contributed by atoms with Crippen molar-refractivity contribution in [1.29, 1.82) is 0 Å². The van der Waals surface area contributed by atoms with Gasteiger partial charge in [0.05, 0.1) is 6.61 Å². The van der Waals surface area contributed by atoms with Gasteiger partial charge in [-0.3, -0.25) is 0 Å². The Bertz CT molecular complexity index is 534. The van der Waals surface area contributed by atoms with Crippen molar-refractivity contribution in [3.8, 4) is 0 Å². The van der Waals surface area contributed by atoms with Gasteiger partial charge in [0.15, 0.2) is 5.16 Å². The van der Waals surface area contributed by atoms with Gasteiger partial charge in [-0.15, -0.1) is 0 Å². The van der Waals surface area contributed by atoms with E-state index in [2.05, 4.69) is 40.4 Å². The molecule has 0 radical (unpaired) electrons. The maximum atomic E-state index is 5.01. The van der Waals surface area contributed by atoms with Gasteiger partial charge in [0.25, 0.3) is 0 Å². The lowest BCUT2D eigenvalue weighted by atomic mass is 10.1. The standard InChI is InChI=1S/C15H19N3OS/c1-12-10-13(11-16-8-9-19-2)4-5-14(12)20-15-17-6-3-7-18-15/h3-7,10,16H,8-9,11H2,1-2H3. The molecule has 20 heavy (non-hydrogen) atoms. The van der Waals surface area contributed by atoms with Crippen LogP contribution in [0.1, 0.15) is 11.1 Å². The fourth-order valence-electron chi connectivity index (χ4n) is 1.78. The normalized spacial score (nSPS) is 10.7. The zero-order valence-electron chi connectivity index (χ0n) is 11.8. The molecule has 2 aromatic rings. The van der Waals surface area contributed by atoms with Crippen LogP contribution in [0, 0.1) is 6.92 Å². The Balaban J connectivity index is 1.95. The summed E-state index contributed by atoms with van der Waals surface area (Å²) in [6.45, 7) is 4.57. The summed E-state index contributed by atoms with van der Waals surface area (Å²) in [6, 6.07) is 8.29. The summed E-state index contributed by atoms with van der Waals surface area (Å²) >= 11 is 1.59. The molecule has 0 saturated heterocycles. The zero-order chi connectivity index (χ0) is 14.2. The lowest BCUT2D eigenvalue weighted by molar-refractivity contribution is 0.199. The summed E-state index contributed by atoms with van der Waals surface area (Å²) in [5, 5.41) is 4.12. The van der Waals surface area contributed by atoms with Gasteiger partial charge in [-0.05, 0) is 41.9 Å². The Morgan fingerprint density at radius 3 is 2.75 bits per heavy atom. The van der Waals surface area contributed by atoms with Crippen LogP contribution in [0.25, 0.3) is 0 Å². The Hall–Kier alpha value is -1.43. The Kier molecular flexibility index (Phi) is 5.98. The third-order valence-electron chi connectivity index (χ3n) is 2.79. The fraction of sp³-hybridized carbons (Fsp3) is 0.333. The van der Waals surface area contributed by atoms with Gasteiger partial charge in [0.2, 0.25) is 0 Å². The van der Waals surface area contributed by atoms with Gasteiger partial charge in [-0.2, -0.15) is 0 Å². The number of methoxy groups -OCH3 is 1. The number of rotatable bonds is 7. The van der Waals surface area contributed by atoms with Crippen molar-refractivity contribution < 1.29 is 4.74 Å². The lowest BCUT2D eigenvalue weighted by Crippen LogP contribution is -2.18. The fourth-order valence-corrected chi connectivity index (χ4v) is 2.56. The van der Waals surface area contributed by atoms with Gasteiger partial charge in [0.1, 0.15) is 0 Å². The second-order valence-corrected chi connectivity index (χ2v) is 5.41. The van der Waals surface area contributed by atoms with E-state index < -0.39 is 0 Å². The van der Waals surface area contributed by atoms with Crippen LogP contribution < -0.4 is 5.32 Å². The van der Waals surface area contributed by atoms with E-state index in [1.54, 1.807) is 31.3 Å². The molecule has 0 unspecified atom stereocenters. The first-order valence-corrected chi connectivity index (χ1v) is 7.35. The van der Waals surface area contributed by atoms with Gasteiger partial charge >= 0.3 is 0 Å². The number of hydrogen-bond donors (Lipinski definition) is 1. The second-order valence-electron chi connectivity index (χ2n) is 4.40. The van der Waals surface area contributed by atoms with Crippen molar-refractivity contribution >= 4 is 11.8 Å². The first-order valence-electron chi connectivity index (χ1n) is 6.53. The summed E-state index contributed by atoms with van der Waals surface area (Å²) in [6.07, 6.45) is 3.53. The van der Waals surface area contributed by atoms with Crippen molar-refractivity contribution in [2.45, 2.75) is 23.5 Å². The highest BCUT2D eigenvalue weighted by atomic mass is 32.2. The van der Waals surface area contributed by atoms with Gasteiger partial charge in [-0.1, -0.05) is 12.1 Å². The van der Waals surface area contributed by atoms with Crippen LogP contribution in [-0.2, 0) is 11.3 Å². The first kappa shape index (κ1) is 15.0. The molecule has 1 heterocycles. The molecule has 0 aliphatic carbocycles. The summed E-state index contributed by atoms with van der Waals surface area (Å²) in [5.41, 5.74) is 2.52. The molecule has 4 nitrogen and oxygen atoms in total. The maximum absolute atomic E-state index is 5.01. The molecule has 1 N–H and O–H groups in total. The molecular weight excluding hydrogens is 270 g/mol. The molecule has 1 aromatic heterocycles. The van der Waals surface area contributed by atoms with E-state index in [9.17, 15) is 0 Å². The van der Waals surface area contributed by atoms with Gasteiger partial charge in [-0.25, -0.2) is 9.97 Å². The van der Waals surface area contributed by atoms with Gasteiger partial charge < -0.3 is 10.1 Å². The largest absolute Gasteiger partial charge is 0.383 e. The quantitative estimate of drug-likeness (QED) is 0.627. The predicted octanol–water partition coefficient (Wildman–Crippen LogP) is 2.67. The van der Waals surface area contributed by atoms with Crippen molar-refractivity contribution in [2.75, 3.05) is 20.3 Å². The Labute approximate surface area is 124 Å². The minimum Gasteiger partial charge on any atom is -0.383 e. The highest BCUT2D eigenvalue weighted by molar-refractivity contribution is 7.99. The van der Waals surface area contributed by atoms with E-state index in [0.29, 0.717) is 0 Å². The van der Waals surface area contributed by atoms with E-state index in [0.717, 1.165) is 24.9 Å². The van der Waals surface area contributed by atoms with Crippen molar-refractivity contribution in [3.05, 3.63) is 47.8 Å². The van der Waals surface area contributed by atoms with E-state index in [1.807, 2.05) is 6.07 Å². The number of nitrogens with zero attached hydrogens (tertiary/aromatic N) is 2. The van der Waals surface area contributed by atoms with Crippen LogP contribution >= 0.6 is 11.8 Å². The van der Waals surface area contributed by atoms with Crippen LogP contribution in [0.5, 0.6) is 0 Å². The van der Waals surface area contributed by atoms with Crippen LogP contribution in [-0.4, -0.2) is 30.2 Å². The van der Waals surface area contributed by atoms with Crippen LogP contribution in [0.3, 0.4) is 0 Å². The molecule has 0 bridgehead atoms. The minimum atomic E-state index is 0.734.